The lowest BCUT2D eigenvalue weighted by molar-refractivity contribution is -0.142. The number of ether oxygens (including phenoxy) is 2. The highest BCUT2D eigenvalue weighted by Crippen LogP contribution is 2.29. The van der Waals surface area contributed by atoms with Crippen LogP contribution in [0.15, 0.2) is 48.5 Å². The van der Waals surface area contributed by atoms with Gasteiger partial charge in [0.2, 0.25) is 5.91 Å². The van der Waals surface area contributed by atoms with Gasteiger partial charge < -0.3 is 25.0 Å². The van der Waals surface area contributed by atoms with E-state index in [0.29, 0.717) is 36.7 Å². The van der Waals surface area contributed by atoms with Crippen molar-refractivity contribution in [2.45, 2.75) is 26.0 Å². The zero-order chi connectivity index (χ0) is 22.5. The first-order valence-corrected chi connectivity index (χ1v) is 10.1. The van der Waals surface area contributed by atoms with E-state index in [4.69, 9.17) is 15.2 Å². The molecular formula is C23H27N3O5. The highest BCUT2D eigenvalue weighted by atomic mass is 16.5. The molecule has 2 N–H and O–H groups in total. The maximum absolute atomic E-state index is 13.0. The summed E-state index contributed by atoms with van der Waals surface area (Å²) in [7, 11) is 1.45. The number of benzene rings is 2. The van der Waals surface area contributed by atoms with Crippen molar-refractivity contribution in [3.63, 3.8) is 0 Å². The van der Waals surface area contributed by atoms with Crippen molar-refractivity contribution in [3.05, 3.63) is 59.7 Å². The molecule has 1 unspecified atom stereocenters. The lowest BCUT2D eigenvalue weighted by atomic mass is 10.1. The number of carbonyl (C=O) groups excluding carboxylic acids is 3. The normalized spacial score (nSPS) is 17.1. The van der Waals surface area contributed by atoms with E-state index in [9.17, 15) is 14.4 Å². The van der Waals surface area contributed by atoms with Crippen LogP contribution < -0.4 is 15.2 Å². The summed E-state index contributed by atoms with van der Waals surface area (Å²) in [6, 6.07) is 13.5. The zero-order valence-corrected chi connectivity index (χ0v) is 17.9. The van der Waals surface area contributed by atoms with Crippen LogP contribution in [0.3, 0.4) is 0 Å². The van der Waals surface area contributed by atoms with Crippen LogP contribution in [0.1, 0.15) is 34.6 Å². The Balaban J connectivity index is 1.64. The molecule has 164 valence electrons. The summed E-state index contributed by atoms with van der Waals surface area (Å²) in [6.45, 7) is 4.90. The van der Waals surface area contributed by atoms with Crippen molar-refractivity contribution >= 4 is 17.7 Å². The van der Waals surface area contributed by atoms with Gasteiger partial charge >= 0.3 is 0 Å². The third-order valence-electron chi connectivity index (χ3n) is 5.32. The minimum Gasteiger partial charge on any atom is -0.493 e. The summed E-state index contributed by atoms with van der Waals surface area (Å²) in [5, 5.41) is 0. The highest BCUT2D eigenvalue weighted by molar-refractivity contribution is 5.94. The van der Waals surface area contributed by atoms with Crippen molar-refractivity contribution in [1.29, 1.82) is 0 Å². The van der Waals surface area contributed by atoms with E-state index < -0.39 is 12.0 Å². The third-order valence-corrected chi connectivity index (χ3v) is 5.32. The van der Waals surface area contributed by atoms with Gasteiger partial charge in [-0.1, -0.05) is 18.2 Å². The Kier molecular flexibility index (Phi) is 6.79. The fraction of sp³-hybridized carbons (Fsp3) is 0.348. The molecule has 1 aliphatic heterocycles. The Morgan fingerprint density at radius 3 is 2.35 bits per heavy atom. The molecular weight excluding hydrogens is 398 g/mol. The SMILES string of the molecule is COc1cc(C(N)=O)ccc1OC(C)C(=O)N1CCN(C(=O)c2ccccc2)C[C@H]1C. The van der Waals surface area contributed by atoms with Gasteiger partial charge in [-0.3, -0.25) is 14.4 Å². The third kappa shape index (κ3) is 4.96. The highest BCUT2D eigenvalue weighted by Gasteiger charge is 2.33. The van der Waals surface area contributed by atoms with Crippen LogP contribution in [0.4, 0.5) is 0 Å². The van der Waals surface area contributed by atoms with E-state index in [0.717, 1.165) is 0 Å². The van der Waals surface area contributed by atoms with Crippen LogP contribution in [0.5, 0.6) is 11.5 Å². The summed E-state index contributed by atoms with van der Waals surface area (Å²) >= 11 is 0. The molecule has 1 heterocycles. The lowest BCUT2D eigenvalue weighted by Gasteiger charge is -2.40. The fourth-order valence-corrected chi connectivity index (χ4v) is 3.63. The fourth-order valence-electron chi connectivity index (χ4n) is 3.63. The van der Waals surface area contributed by atoms with E-state index in [1.165, 1.54) is 19.2 Å². The molecule has 8 nitrogen and oxygen atoms in total. The molecule has 8 heteroatoms. The molecule has 0 bridgehead atoms. The first-order valence-electron chi connectivity index (χ1n) is 10.1. The first-order chi connectivity index (χ1) is 14.8. The number of amides is 3. The molecule has 1 fully saturated rings. The molecule has 0 saturated carbocycles. The van der Waals surface area contributed by atoms with Crippen molar-refractivity contribution in [2.75, 3.05) is 26.7 Å². The second kappa shape index (κ2) is 9.51. The van der Waals surface area contributed by atoms with E-state index >= 15 is 0 Å². The minimum atomic E-state index is -0.771. The van der Waals surface area contributed by atoms with E-state index in [2.05, 4.69) is 0 Å². The van der Waals surface area contributed by atoms with Gasteiger partial charge in [0, 0.05) is 36.8 Å². The maximum atomic E-state index is 13.0. The van der Waals surface area contributed by atoms with Gasteiger partial charge in [-0.25, -0.2) is 0 Å². The Labute approximate surface area is 181 Å². The number of carbonyl (C=O) groups is 3. The molecule has 1 aliphatic rings. The standard InChI is InChI=1S/C23H27N3O5/c1-15-14-25(23(29)17-7-5-4-6-8-17)11-12-26(15)22(28)16(2)31-19-10-9-18(21(24)27)13-20(19)30-3/h4-10,13,15-16H,11-12,14H2,1-3H3,(H2,24,27)/t15-,16?/m1/s1. The van der Waals surface area contributed by atoms with Crippen molar-refractivity contribution < 1.29 is 23.9 Å². The quantitative estimate of drug-likeness (QED) is 0.762. The molecule has 1 saturated heterocycles. The molecule has 0 radical (unpaired) electrons. The maximum Gasteiger partial charge on any atom is 0.263 e. The molecule has 2 aromatic rings. The Hall–Kier alpha value is -3.55. The molecule has 0 spiro atoms. The number of hydrogen-bond acceptors (Lipinski definition) is 5. The van der Waals surface area contributed by atoms with Crippen LogP contribution in [0.2, 0.25) is 0 Å². The van der Waals surface area contributed by atoms with Crippen molar-refractivity contribution in [2.24, 2.45) is 5.73 Å². The van der Waals surface area contributed by atoms with Gasteiger partial charge in [-0.15, -0.1) is 0 Å². The summed E-state index contributed by atoms with van der Waals surface area (Å²) in [5.41, 5.74) is 6.22. The van der Waals surface area contributed by atoms with E-state index in [-0.39, 0.29) is 23.4 Å². The van der Waals surface area contributed by atoms with E-state index in [1.54, 1.807) is 34.9 Å². The average Bonchev–Trinajstić information content (AvgIpc) is 2.78. The second-order valence-electron chi connectivity index (χ2n) is 7.49. The van der Waals surface area contributed by atoms with Gasteiger partial charge in [-0.05, 0) is 44.2 Å². The van der Waals surface area contributed by atoms with Gasteiger partial charge in [0.1, 0.15) is 0 Å². The first kappa shape index (κ1) is 22.1. The number of methoxy groups -OCH3 is 1. The van der Waals surface area contributed by atoms with Gasteiger partial charge in [-0.2, -0.15) is 0 Å². The largest absolute Gasteiger partial charge is 0.493 e. The number of primary amides is 1. The molecule has 0 aliphatic carbocycles. The minimum absolute atomic E-state index is 0.0388. The molecule has 3 rings (SSSR count). The predicted octanol–water partition coefficient (Wildman–Crippen LogP) is 1.93. The summed E-state index contributed by atoms with van der Waals surface area (Å²) in [6.07, 6.45) is -0.771. The monoisotopic (exact) mass is 425 g/mol. The summed E-state index contributed by atoms with van der Waals surface area (Å²) in [5.74, 6) is -0.129. The number of piperazine rings is 1. The number of hydrogen-bond donors (Lipinski definition) is 1. The Morgan fingerprint density at radius 1 is 1.03 bits per heavy atom. The Bertz CT molecular complexity index is 963. The van der Waals surface area contributed by atoms with Crippen LogP contribution in [0.25, 0.3) is 0 Å². The predicted molar refractivity (Wildman–Crippen MR) is 115 cm³/mol. The molecule has 31 heavy (non-hydrogen) atoms. The summed E-state index contributed by atoms with van der Waals surface area (Å²) in [4.78, 5) is 40.6. The average molecular weight is 425 g/mol. The lowest BCUT2D eigenvalue weighted by Crippen LogP contribution is -2.57. The van der Waals surface area contributed by atoms with E-state index in [1.807, 2.05) is 25.1 Å². The van der Waals surface area contributed by atoms with Crippen LogP contribution >= 0.6 is 0 Å². The number of nitrogens with two attached hydrogens (primary N) is 1. The zero-order valence-electron chi connectivity index (χ0n) is 17.9. The van der Waals surface area contributed by atoms with Gasteiger partial charge in [0.05, 0.1) is 7.11 Å². The number of rotatable bonds is 6. The Morgan fingerprint density at radius 2 is 1.74 bits per heavy atom. The molecule has 2 atom stereocenters. The number of nitrogens with zero attached hydrogens (tertiary/aromatic N) is 2. The van der Waals surface area contributed by atoms with Gasteiger partial charge in [0.15, 0.2) is 17.6 Å². The molecule has 2 aromatic carbocycles. The second-order valence-corrected chi connectivity index (χ2v) is 7.49. The summed E-state index contributed by atoms with van der Waals surface area (Å²) < 4.78 is 11.1. The van der Waals surface area contributed by atoms with Crippen LogP contribution in [-0.4, -0.2) is 66.4 Å². The topological polar surface area (TPSA) is 102 Å². The smallest absolute Gasteiger partial charge is 0.263 e. The van der Waals surface area contributed by atoms with Gasteiger partial charge in [0.25, 0.3) is 11.8 Å². The van der Waals surface area contributed by atoms with Crippen LogP contribution in [-0.2, 0) is 4.79 Å². The van der Waals surface area contributed by atoms with Crippen molar-refractivity contribution in [3.8, 4) is 11.5 Å². The van der Waals surface area contributed by atoms with Crippen LogP contribution in [0, 0.1) is 0 Å². The van der Waals surface area contributed by atoms with Crippen molar-refractivity contribution in [1.82, 2.24) is 9.80 Å². The molecule has 3 amide bonds. The molecule has 0 aromatic heterocycles.